The Morgan fingerprint density at radius 2 is 1.94 bits per heavy atom. The molecular formula is C14H23NS. The lowest BCUT2D eigenvalue weighted by Gasteiger charge is -2.14. The van der Waals surface area contributed by atoms with Crippen LogP contribution in [0.4, 0.5) is 0 Å². The Bertz CT molecular complexity index is 309. The first-order chi connectivity index (χ1) is 7.65. The molecule has 0 aromatic heterocycles. The first-order valence-corrected chi connectivity index (χ1v) is 7.11. The van der Waals surface area contributed by atoms with Gasteiger partial charge in [0.1, 0.15) is 0 Å². The smallest absolute Gasteiger partial charge is 0.0303 e. The molecule has 1 rings (SSSR count). The van der Waals surface area contributed by atoms with Crippen LogP contribution in [0.3, 0.4) is 0 Å². The highest BCUT2D eigenvalue weighted by atomic mass is 32.2. The third-order valence-electron chi connectivity index (χ3n) is 2.71. The van der Waals surface area contributed by atoms with E-state index in [1.54, 1.807) is 0 Å². The average Bonchev–Trinajstić information content (AvgIpc) is 2.28. The summed E-state index contributed by atoms with van der Waals surface area (Å²) in [7, 11) is 0. The molecule has 0 bridgehead atoms. The molecule has 1 aromatic carbocycles. The van der Waals surface area contributed by atoms with Crippen molar-refractivity contribution in [2.24, 2.45) is 11.7 Å². The van der Waals surface area contributed by atoms with E-state index in [2.05, 4.69) is 45.0 Å². The van der Waals surface area contributed by atoms with Gasteiger partial charge in [-0.3, -0.25) is 0 Å². The molecule has 90 valence electrons. The average molecular weight is 237 g/mol. The van der Waals surface area contributed by atoms with Crippen LogP contribution in [0.15, 0.2) is 29.2 Å². The summed E-state index contributed by atoms with van der Waals surface area (Å²) in [6, 6.07) is 8.71. The number of benzene rings is 1. The van der Waals surface area contributed by atoms with Crippen LogP contribution in [-0.4, -0.2) is 5.75 Å². The molecule has 1 unspecified atom stereocenters. The Kier molecular flexibility index (Phi) is 5.93. The lowest BCUT2D eigenvalue weighted by Crippen LogP contribution is -2.09. The zero-order chi connectivity index (χ0) is 12.0. The highest BCUT2D eigenvalue weighted by Crippen LogP contribution is 2.28. The highest BCUT2D eigenvalue weighted by molar-refractivity contribution is 7.99. The molecule has 0 fully saturated rings. The fourth-order valence-corrected chi connectivity index (χ4v) is 2.91. The van der Waals surface area contributed by atoms with E-state index in [1.165, 1.54) is 22.6 Å². The third kappa shape index (κ3) is 4.18. The summed E-state index contributed by atoms with van der Waals surface area (Å²) in [5, 5.41) is 0. The van der Waals surface area contributed by atoms with Crippen LogP contribution in [0.5, 0.6) is 0 Å². The monoisotopic (exact) mass is 237 g/mol. The fraction of sp³-hybridized carbons (Fsp3) is 0.571. The van der Waals surface area contributed by atoms with Gasteiger partial charge in [-0.05, 0) is 36.1 Å². The maximum Gasteiger partial charge on any atom is 0.0303 e. The minimum absolute atomic E-state index is 0.183. The summed E-state index contributed by atoms with van der Waals surface area (Å²) in [6.07, 6.45) is 2.27. The summed E-state index contributed by atoms with van der Waals surface area (Å²) < 4.78 is 0. The van der Waals surface area contributed by atoms with Crippen molar-refractivity contribution in [2.45, 2.75) is 44.6 Å². The second kappa shape index (κ2) is 6.97. The predicted octanol–water partition coefficient (Wildman–Crippen LogP) is 4.23. The van der Waals surface area contributed by atoms with Gasteiger partial charge >= 0.3 is 0 Å². The van der Waals surface area contributed by atoms with Crippen molar-refractivity contribution in [3.05, 3.63) is 29.8 Å². The second-order valence-electron chi connectivity index (χ2n) is 4.58. The number of rotatable bonds is 6. The summed E-state index contributed by atoms with van der Waals surface area (Å²) in [5.41, 5.74) is 7.42. The molecule has 0 radical (unpaired) electrons. The van der Waals surface area contributed by atoms with E-state index < -0.39 is 0 Å². The van der Waals surface area contributed by atoms with Crippen molar-refractivity contribution in [1.82, 2.24) is 0 Å². The number of hydrogen-bond acceptors (Lipinski definition) is 2. The normalized spacial score (nSPS) is 13.1. The molecule has 0 aliphatic rings. The molecule has 0 saturated carbocycles. The lowest BCUT2D eigenvalue weighted by molar-refractivity contribution is 0.631. The van der Waals surface area contributed by atoms with Crippen molar-refractivity contribution >= 4 is 11.8 Å². The molecule has 2 heteroatoms. The zero-order valence-corrected chi connectivity index (χ0v) is 11.4. The van der Waals surface area contributed by atoms with Crippen LogP contribution < -0.4 is 5.73 Å². The summed E-state index contributed by atoms with van der Waals surface area (Å²) in [5.74, 6) is 1.96. The van der Waals surface area contributed by atoms with Crippen molar-refractivity contribution < 1.29 is 0 Å². The molecule has 0 heterocycles. The maximum atomic E-state index is 6.11. The molecule has 0 saturated heterocycles. The first kappa shape index (κ1) is 13.6. The van der Waals surface area contributed by atoms with E-state index in [1.807, 2.05) is 11.8 Å². The van der Waals surface area contributed by atoms with Crippen molar-refractivity contribution in [2.75, 3.05) is 5.75 Å². The highest BCUT2D eigenvalue weighted by Gasteiger charge is 2.08. The largest absolute Gasteiger partial charge is 0.324 e. The minimum atomic E-state index is 0.183. The zero-order valence-electron chi connectivity index (χ0n) is 10.6. The molecule has 2 N–H and O–H groups in total. The minimum Gasteiger partial charge on any atom is -0.324 e. The van der Waals surface area contributed by atoms with E-state index >= 15 is 0 Å². The Hall–Kier alpha value is -0.470. The Labute approximate surface area is 104 Å². The molecule has 1 atom stereocenters. The standard InChI is InChI=1S/C14H23NS/c1-4-13(15)12-7-5-6-8-14(12)16-10-9-11(2)3/h5-8,11,13H,4,9-10,15H2,1-3H3. The van der Waals surface area contributed by atoms with E-state index in [9.17, 15) is 0 Å². The molecule has 0 spiro atoms. The van der Waals surface area contributed by atoms with E-state index in [0.29, 0.717) is 0 Å². The molecule has 1 nitrogen and oxygen atoms in total. The van der Waals surface area contributed by atoms with Crippen LogP contribution in [0.25, 0.3) is 0 Å². The van der Waals surface area contributed by atoms with Gasteiger partial charge < -0.3 is 5.73 Å². The van der Waals surface area contributed by atoms with Gasteiger partial charge in [0.25, 0.3) is 0 Å². The molecular weight excluding hydrogens is 214 g/mol. The van der Waals surface area contributed by atoms with Crippen LogP contribution in [0.1, 0.15) is 45.2 Å². The van der Waals surface area contributed by atoms with E-state index in [-0.39, 0.29) is 6.04 Å². The molecule has 0 aliphatic carbocycles. The van der Waals surface area contributed by atoms with Gasteiger partial charge in [0.2, 0.25) is 0 Å². The summed E-state index contributed by atoms with van der Waals surface area (Å²) in [4.78, 5) is 1.36. The van der Waals surface area contributed by atoms with Crippen LogP contribution >= 0.6 is 11.8 Å². The quantitative estimate of drug-likeness (QED) is 0.749. The topological polar surface area (TPSA) is 26.0 Å². The number of thioether (sulfide) groups is 1. The third-order valence-corrected chi connectivity index (χ3v) is 3.83. The van der Waals surface area contributed by atoms with Crippen LogP contribution in [0.2, 0.25) is 0 Å². The van der Waals surface area contributed by atoms with Crippen LogP contribution in [0, 0.1) is 5.92 Å². The molecule has 0 aliphatic heterocycles. The van der Waals surface area contributed by atoms with Gasteiger partial charge in [0, 0.05) is 10.9 Å². The SMILES string of the molecule is CCC(N)c1ccccc1SCCC(C)C. The van der Waals surface area contributed by atoms with E-state index in [0.717, 1.165) is 12.3 Å². The number of hydrogen-bond donors (Lipinski definition) is 1. The van der Waals surface area contributed by atoms with Crippen LogP contribution in [-0.2, 0) is 0 Å². The van der Waals surface area contributed by atoms with Crippen molar-refractivity contribution in [3.63, 3.8) is 0 Å². The van der Waals surface area contributed by atoms with Gasteiger partial charge in [-0.1, -0.05) is 39.0 Å². The Balaban J connectivity index is 2.64. The summed E-state index contributed by atoms with van der Waals surface area (Å²) >= 11 is 1.94. The van der Waals surface area contributed by atoms with Gasteiger partial charge in [-0.25, -0.2) is 0 Å². The Morgan fingerprint density at radius 1 is 1.25 bits per heavy atom. The van der Waals surface area contributed by atoms with Gasteiger partial charge in [0.15, 0.2) is 0 Å². The summed E-state index contributed by atoms with van der Waals surface area (Å²) in [6.45, 7) is 6.68. The van der Waals surface area contributed by atoms with Gasteiger partial charge in [-0.15, -0.1) is 11.8 Å². The van der Waals surface area contributed by atoms with E-state index in [4.69, 9.17) is 5.73 Å². The fourth-order valence-electron chi connectivity index (χ4n) is 1.54. The number of nitrogens with two attached hydrogens (primary N) is 1. The van der Waals surface area contributed by atoms with Gasteiger partial charge in [-0.2, -0.15) is 0 Å². The molecule has 0 amide bonds. The Morgan fingerprint density at radius 3 is 2.56 bits per heavy atom. The second-order valence-corrected chi connectivity index (χ2v) is 5.72. The molecule has 16 heavy (non-hydrogen) atoms. The van der Waals surface area contributed by atoms with Crippen molar-refractivity contribution in [1.29, 1.82) is 0 Å². The first-order valence-electron chi connectivity index (χ1n) is 6.12. The molecule has 1 aromatic rings. The lowest BCUT2D eigenvalue weighted by atomic mass is 10.1. The maximum absolute atomic E-state index is 6.11. The van der Waals surface area contributed by atoms with Gasteiger partial charge in [0.05, 0.1) is 0 Å². The van der Waals surface area contributed by atoms with Crippen molar-refractivity contribution in [3.8, 4) is 0 Å². The predicted molar refractivity (Wildman–Crippen MR) is 73.8 cm³/mol.